The predicted octanol–water partition coefficient (Wildman–Crippen LogP) is 4.44. The van der Waals surface area contributed by atoms with Crippen molar-refractivity contribution in [3.63, 3.8) is 0 Å². The molecule has 0 fully saturated rings. The van der Waals surface area contributed by atoms with Gasteiger partial charge in [-0.15, -0.1) is 0 Å². The van der Waals surface area contributed by atoms with Gasteiger partial charge in [0.1, 0.15) is 11.6 Å². The minimum atomic E-state index is -0.478. The standard InChI is InChI=1S/C25H17FN4O2/c1-15-27-22-9-5-3-7-19(22)25(32)30(15)29-24(31)20-14-23(16-10-12-17(26)13-11-16)28-21-8-4-2-6-18(20)21/h2-14H,1H3,(H,29,31). The molecule has 0 spiro atoms. The maximum Gasteiger partial charge on any atom is 0.280 e. The number of fused-ring (bicyclic) bond motifs is 2. The quantitative estimate of drug-likeness (QED) is 0.464. The lowest BCUT2D eigenvalue weighted by Gasteiger charge is -2.14. The van der Waals surface area contributed by atoms with Crippen molar-refractivity contribution in [1.82, 2.24) is 14.6 Å². The van der Waals surface area contributed by atoms with Crippen molar-refractivity contribution in [2.24, 2.45) is 0 Å². The monoisotopic (exact) mass is 424 g/mol. The summed E-state index contributed by atoms with van der Waals surface area (Å²) >= 11 is 0. The van der Waals surface area contributed by atoms with Crippen molar-refractivity contribution in [1.29, 1.82) is 0 Å². The predicted molar refractivity (Wildman–Crippen MR) is 122 cm³/mol. The van der Waals surface area contributed by atoms with Crippen LogP contribution in [0.4, 0.5) is 4.39 Å². The zero-order valence-corrected chi connectivity index (χ0v) is 17.0. The lowest BCUT2D eigenvalue weighted by molar-refractivity contribution is 0.101. The highest BCUT2D eigenvalue weighted by Gasteiger charge is 2.17. The van der Waals surface area contributed by atoms with Crippen LogP contribution in [0.25, 0.3) is 33.1 Å². The number of rotatable bonds is 3. The first-order chi connectivity index (χ1) is 15.5. The Kier molecular flexibility index (Phi) is 4.71. The van der Waals surface area contributed by atoms with Crippen LogP contribution in [-0.4, -0.2) is 20.6 Å². The van der Waals surface area contributed by atoms with E-state index in [1.807, 2.05) is 12.1 Å². The van der Waals surface area contributed by atoms with Crippen LogP contribution in [-0.2, 0) is 0 Å². The summed E-state index contributed by atoms with van der Waals surface area (Å²) in [5, 5.41) is 1.04. The molecule has 5 aromatic rings. The Labute approximate surface area is 182 Å². The van der Waals surface area contributed by atoms with Gasteiger partial charge in [-0.2, -0.15) is 0 Å². The van der Waals surface area contributed by atoms with Gasteiger partial charge >= 0.3 is 0 Å². The van der Waals surface area contributed by atoms with E-state index in [9.17, 15) is 14.0 Å². The van der Waals surface area contributed by atoms with E-state index in [1.165, 1.54) is 12.1 Å². The Morgan fingerprint density at radius 2 is 1.50 bits per heavy atom. The van der Waals surface area contributed by atoms with Crippen molar-refractivity contribution in [3.05, 3.63) is 106 Å². The van der Waals surface area contributed by atoms with Gasteiger partial charge in [-0.3, -0.25) is 15.0 Å². The second kappa shape index (κ2) is 7.70. The highest BCUT2D eigenvalue weighted by Crippen LogP contribution is 2.25. The fourth-order valence-electron chi connectivity index (χ4n) is 3.67. The summed E-state index contributed by atoms with van der Waals surface area (Å²) in [5.74, 6) is -0.473. The van der Waals surface area contributed by atoms with Gasteiger partial charge < -0.3 is 0 Å². The minimum absolute atomic E-state index is 0.342. The molecule has 0 saturated carbocycles. The van der Waals surface area contributed by atoms with Crippen molar-refractivity contribution >= 4 is 27.7 Å². The molecule has 0 aliphatic rings. The molecule has 0 aliphatic heterocycles. The second-order valence-corrected chi connectivity index (χ2v) is 7.34. The molecule has 1 N–H and O–H groups in total. The molecule has 6 nitrogen and oxygen atoms in total. The van der Waals surface area contributed by atoms with Crippen LogP contribution in [0.1, 0.15) is 16.2 Å². The molecule has 2 aromatic heterocycles. The topological polar surface area (TPSA) is 76.9 Å². The first-order valence-corrected chi connectivity index (χ1v) is 9.97. The third kappa shape index (κ3) is 3.39. The minimum Gasteiger partial charge on any atom is -0.267 e. The molecule has 156 valence electrons. The number of nitrogens with zero attached hydrogens (tertiary/aromatic N) is 3. The molecule has 0 unspecified atom stereocenters. The zero-order valence-electron chi connectivity index (χ0n) is 17.0. The van der Waals surface area contributed by atoms with Gasteiger partial charge in [0.2, 0.25) is 0 Å². The molecule has 5 rings (SSSR count). The van der Waals surface area contributed by atoms with E-state index in [2.05, 4.69) is 15.4 Å². The first-order valence-electron chi connectivity index (χ1n) is 9.97. The summed E-state index contributed by atoms with van der Waals surface area (Å²) in [5.41, 5.74) is 5.03. The van der Waals surface area contributed by atoms with E-state index >= 15 is 0 Å². The van der Waals surface area contributed by atoms with Gasteiger partial charge in [-0.05, 0) is 55.5 Å². The third-order valence-electron chi connectivity index (χ3n) is 5.26. The second-order valence-electron chi connectivity index (χ2n) is 7.34. The average Bonchev–Trinajstić information content (AvgIpc) is 2.81. The highest BCUT2D eigenvalue weighted by atomic mass is 19.1. The number of benzene rings is 3. The zero-order chi connectivity index (χ0) is 22.2. The van der Waals surface area contributed by atoms with Gasteiger partial charge in [0.05, 0.1) is 27.7 Å². The van der Waals surface area contributed by atoms with Crippen LogP contribution in [0.3, 0.4) is 0 Å². The number of para-hydroxylation sites is 2. The number of halogens is 1. The lowest BCUT2D eigenvalue weighted by Crippen LogP contribution is -2.35. The maximum absolute atomic E-state index is 13.4. The number of aromatic nitrogens is 3. The number of hydrogen-bond acceptors (Lipinski definition) is 4. The van der Waals surface area contributed by atoms with Crippen LogP contribution in [0.2, 0.25) is 0 Å². The van der Waals surface area contributed by atoms with Crippen LogP contribution in [0.15, 0.2) is 83.7 Å². The fraction of sp³-hybridized carbons (Fsp3) is 0.0400. The molecular weight excluding hydrogens is 407 g/mol. The Bertz CT molecular complexity index is 1560. The molecule has 32 heavy (non-hydrogen) atoms. The normalized spacial score (nSPS) is 11.1. The SMILES string of the molecule is Cc1nc2ccccc2c(=O)n1NC(=O)c1cc(-c2ccc(F)cc2)nc2ccccc12. The van der Waals surface area contributed by atoms with E-state index in [4.69, 9.17) is 0 Å². The van der Waals surface area contributed by atoms with Gasteiger partial charge in [0, 0.05) is 10.9 Å². The molecule has 0 bridgehead atoms. The first kappa shape index (κ1) is 19.6. The number of aryl methyl sites for hydroxylation is 1. The van der Waals surface area contributed by atoms with Gasteiger partial charge in [0.15, 0.2) is 0 Å². The molecule has 0 aliphatic carbocycles. The Morgan fingerprint density at radius 3 is 2.22 bits per heavy atom. The number of carbonyl (C=O) groups excluding carboxylic acids is 1. The Hall–Kier alpha value is -4.39. The summed E-state index contributed by atoms with van der Waals surface area (Å²) in [6, 6.07) is 21.7. The smallest absolute Gasteiger partial charge is 0.267 e. The van der Waals surface area contributed by atoms with E-state index < -0.39 is 5.91 Å². The van der Waals surface area contributed by atoms with Crippen LogP contribution in [0.5, 0.6) is 0 Å². The van der Waals surface area contributed by atoms with Gasteiger partial charge in [-0.1, -0.05) is 30.3 Å². The van der Waals surface area contributed by atoms with E-state index in [0.29, 0.717) is 44.5 Å². The number of pyridine rings is 1. The van der Waals surface area contributed by atoms with Crippen LogP contribution in [0, 0.1) is 12.7 Å². The molecule has 3 aromatic carbocycles. The van der Waals surface area contributed by atoms with Crippen molar-refractivity contribution in [3.8, 4) is 11.3 Å². The Morgan fingerprint density at radius 1 is 0.875 bits per heavy atom. The summed E-state index contributed by atoms with van der Waals surface area (Å²) in [6.45, 7) is 1.66. The Balaban J connectivity index is 1.63. The third-order valence-corrected chi connectivity index (χ3v) is 5.26. The molecule has 7 heteroatoms. The van der Waals surface area contributed by atoms with Crippen LogP contribution < -0.4 is 11.0 Å². The summed E-state index contributed by atoms with van der Waals surface area (Å²) in [6.07, 6.45) is 0. The molecule has 2 heterocycles. The molecule has 0 radical (unpaired) electrons. The summed E-state index contributed by atoms with van der Waals surface area (Å²) < 4.78 is 14.5. The summed E-state index contributed by atoms with van der Waals surface area (Å²) in [7, 11) is 0. The van der Waals surface area contributed by atoms with E-state index in [-0.39, 0.29) is 11.4 Å². The van der Waals surface area contributed by atoms with E-state index in [0.717, 1.165) is 4.68 Å². The summed E-state index contributed by atoms with van der Waals surface area (Å²) in [4.78, 5) is 35.3. The van der Waals surface area contributed by atoms with Crippen molar-refractivity contribution < 1.29 is 9.18 Å². The lowest BCUT2D eigenvalue weighted by atomic mass is 10.0. The maximum atomic E-state index is 13.4. The number of carbonyl (C=O) groups is 1. The van der Waals surface area contributed by atoms with Crippen LogP contribution >= 0.6 is 0 Å². The molecular formula is C25H17FN4O2. The molecule has 0 saturated heterocycles. The fourth-order valence-corrected chi connectivity index (χ4v) is 3.67. The highest BCUT2D eigenvalue weighted by molar-refractivity contribution is 6.10. The number of nitrogens with one attached hydrogen (secondary N) is 1. The average molecular weight is 424 g/mol. The molecule has 1 amide bonds. The number of amides is 1. The van der Waals surface area contributed by atoms with Crippen molar-refractivity contribution in [2.45, 2.75) is 6.92 Å². The molecule has 0 atom stereocenters. The van der Waals surface area contributed by atoms with Gasteiger partial charge in [-0.25, -0.2) is 19.0 Å². The van der Waals surface area contributed by atoms with Gasteiger partial charge in [0.25, 0.3) is 11.5 Å². The largest absolute Gasteiger partial charge is 0.280 e. The van der Waals surface area contributed by atoms with E-state index in [1.54, 1.807) is 61.5 Å². The van der Waals surface area contributed by atoms with Crippen molar-refractivity contribution in [2.75, 3.05) is 5.43 Å². The number of hydrogen-bond donors (Lipinski definition) is 1.